The molecule has 0 N–H and O–H groups in total. The minimum atomic E-state index is -0.184. The lowest BCUT2D eigenvalue weighted by molar-refractivity contribution is 0.103. The summed E-state index contributed by atoms with van der Waals surface area (Å²) in [5.41, 5.74) is 0.827. The van der Waals surface area contributed by atoms with Crippen LogP contribution in [-0.4, -0.2) is 22.4 Å². The summed E-state index contributed by atoms with van der Waals surface area (Å²) in [4.78, 5) is 20.3. The molecule has 0 spiro atoms. The first-order valence-electron chi connectivity index (χ1n) is 5.45. The molecular weight excluding hydrogens is 296 g/mol. The zero-order chi connectivity index (χ0) is 13.0. The third-order valence-corrected chi connectivity index (χ3v) is 2.90. The highest BCUT2D eigenvalue weighted by molar-refractivity contribution is 9.10. The normalized spacial score (nSPS) is 10.1. The van der Waals surface area contributed by atoms with E-state index in [-0.39, 0.29) is 5.78 Å². The molecule has 0 atom stereocenters. The number of rotatable bonds is 4. The maximum absolute atomic E-state index is 12.2. The molecular formula is C13H11BrN2O2. The topological polar surface area (TPSA) is 52.1 Å². The van der Waals surface area contributed by atoms with Gasteiger partial charge in [0.25, 0.3) is 0 Å². The number of carbonyl (C=O) groups is 1. The van der Waals surface area contributed by atoms with E-state index in [0.717, 1.165) is 0 Å². The quantitative estimate of drug-likeness (QED) is 0.815. The minimum Gasteiger partial charge on any atom is -0.492 e. The summed E-state index contributed by atoms with van der Waals surface area (Å²) in [7, 11) is 0. The van der Waals surface area contributed by atoms with Crippen molar-refractivity contribution in [2.45, 2.75) is 6.92 Å². The molecule has 0 aromatic carbocycles. The van der Waals surface area contributed by atoms with Crippen LogP contribution in [-0.2, 0) is 0 Å². The Balaban J connectivity index is 2.34. The zero-order valence-corrected chi connectivity index (χ0v) is 11.3. The first-order chi connectivity index (χ1) is 8.72. The molecule has 4 nitrogen and oxygen atoms in total. The van der Waals surface area contributed by atoms with Gasteiger partial charge in [0.1, 0.15) is 11.4 Å². The highest BCUT2D eigenvalue weighted by Crippen LogP contribution is 2.19. The monoisotopic (exact) mass is 306 g/mol. The van der Waals surface area contributed by atoms with Crippen LogP contribution >= 0.6 is 15.9 Å². The van der Waals surface area contributed by atoms with Gasteiger partial charge in [0, 0.05) is 22.4 Å². The van der Waals surface area contributed by atoms with Gasteiger partial charge in [-0.05, 0) is 41.1 Å². The summed E-state index contributed by atoms with van der Waals surface area (Å²) in [6.45, 7) is 2.41. The predicted octanol–water partition coefficient (Wildman–Crippen LogP) is 2.87. The highest BCUT2D eigenvalue weighted by atomic mass is 79.9. The number of halogens is 1. The first-order valence-corrected chi connectivity index (χ1v) is 6.24. The summed E-state index contributed by atoms with van der Waals surface area (Å²) in [6, 6.07) is 5.20. The van der Waals surface area contributed by atoms with Crippen LogP contribution in [0.25, 0.3) is 0 Å². The van der Waals surface area contributed by atoms with Crippen LogP contribution in [0.1, 0.15) is 23.0 Å². The molecule has 0 saturated carbocycles. The molecule has 5 heteroatoms. The molecule has 0 aliphatic heterocycles. The number of ketones is 1. The van der Waals surface area contributed by atoms with Crippen molar-refractivity contribution in [2.75, 3.05) is 6.61 Å². The largest absolute Gasteiger partial charge is 0.492 e. The standard InChI is InChI=1S/C13H11BrN2O2/c1-2-18-10-6-9(7-15-8-10)13(17)12-11(14)4-3-5-16-12/h3-8H,2H2,1H3. The maximum Gasteiger partial charge on any atom is 0.214 e. The van der Waals surface area contributed by atoms with Crippen molar-refractivity contribution >= 4 is 21.7 Å². The van der Waals surface area contributed by atoms with Crippen LogP contribution in [0.5, 0.6) is 5.75 Å². The Morgan fingerprint density at radius 2 is 2.28 bits per heavy atom. The molecule has 0 aliphatic carbocycles. The van der Waals surface area contributed by atoms with Crippen LogP contribution in [0.2, 0.25) is 0 Å². The van der Waals surface area contributed by atoms with Gasteiger partial charge >= 0.3 is 0 Å². The molecule has 2 rings (SSSR count). The number of pyridine rings is 2. The second-order valence-corrected chi connectivity index (χ2v) is 4.36. The van der Waals surface area contributed by atoms with Crippen LogP contribution in [0, 0.1) is 0 Å². The lowest BCUT2D eigenvalue weighted by Gasteiger charge is -2.05. The van der Waals surface area contributed by atoms with Crippen molar-refractivity contribution in [2.24, 2.45) is 0 Å². The van der Waals surface area contributed by atoms with E-state index in [0.29, 0.717) is 28.1 Å². The van der Waals surface area contributed by atoms with E-state index in [2.05, 4.69) is 25.9 Å². The number of nitrogens with zero attached hydrogens (tertiary/aromatic N) is 2. The Kier molecular flexibility index (Phi) is 4.04. The van der Waals surface area contributed by atoms with E-state index >= 15 is 0 Å². The van der Waals surface area contributed by atoms with Crippen molar-refractivity contribution < 1.29 is 9.53 Å². The van der Waals surface area contributed by atoms with Gasteiger partial charge in [0.05, 0.1) is 12.8 Å². The molecule has 0 fully saturated rings. The molecule has 0 amide bonds. The Morgan fingerprint density at radius 3 is 3.00 bits per heavy atom. The number of ether oxygens (including phenoxy) is 1. The van der Waals surface area contributed by atoms with E-state index in [9.17, 15) is 4.79 Å². The van der Waals surface area contributed by atoms with Crippen LogP contribution in [0.15, 0.2) is 41.3 Å². The van der Waals surface area contributed by atoms with Crippen LogP contribution in [0.4, 0.5) is 0 Å². The molecule has 92 valence electrons. The van der Waals surface area contributed by atoms with E-state index < -0.39 is 0 Å². The van der Waals surface area contributed by atoms with Crippen molar-refractivity contribution in [3.05, 3.63) is 52.5 Å². The summed E-state index contributed by atoms with van der Waals surface area (Å²) >= 11 is 3.31. The fourth-order valence-electron chi connectivity index (χ4n) is 1.48. The van der Waals surface area contributed by atoms with Gasteiger partial charge in [-0.1, -0.05) is 0 Å². The van der Waals surface area contributed by atoms with Crippen LogP contribution < -0.4 is 4.74 Å². The highest BCUT2D eigenvalue weighted by Gasteiger charge is 2.14. The van der Waals surface area contributed by atoms with Gasteiger partial charge in [0.15, 0.2) is 0 Å². The third kappa shape index (κ3) is 2.73. The summed E-state index contributed by atoms with van der Waals surface area (Å²) in [5, 5.41) is 0. The molecule has 0 bridgehead atoms. The molecule has 0 aliphatic rings. The summed E-state index contributed by atoms with van der Waals surface area (Å²) in [5.74, 6) is 0.395. The molecule has 18 heavy (non-hydrogen) atoms. The summed E-state index contributed by atoms with van der Waals surface area (Å²) in [6.07, 6.45) is 4.66. The van der Waals surface area contributed by atoms with Crippen molar-refractivity contribution in [3.8, 4) is 5.75 Å². The molecule has 2 aromatic heterocycles. The van der Waals surface area contributed by atoms with Gasteiger partial charge in [-0.2, -0.15) is 0 Å². The third-order valence-electron chi connectivity index (χ3n) is 2.26. The zero-order valence-electron chi connectivity index (χ0n) is 9.76. The fraction of sp³-hybridized carbons (Fsp3) is 0.154. The number of carbonyl (C=O) groups excluding carboxylic acids is 1. The van der Waals surface area contributed by atoms with E-state index in [1.807, 2.05) is 6.92 Å². The first kappa shape index (κ1) is 12.7. The minimum absolute atomic E-state index is 0.184. The van der Waals surface area contributed by atoms with E-state index in [4.69, 9.17) is 4.74 Å². The van der Waals surface area contributed by atoms with E-state index in [1.165, 1.54) is 6.20 Å². The SMILES string of the molecule is CCOc1cncc(C(=O)c2ncccc2Br)c1. The molecule has 2 heterocycles. The number of hydrogen-bond acceptors (Lipinski definition) is 4. The van der Waals surface area contributed by atoms with Crippen LogP contribution in [0.3, 0.4) is 0 Å². The second kappa shape index (κ2) is 5.73. The Morgan fingerprint density at radius 1 is 1.44 bits per heavy atom. The molecule has 0 saturated heterocycles. The Bertz CT molecular complexity index is 572. The van der Waals surface area contributed by atoms with Gasteiger partial charge in [-0.25, -0.2) is 0 Å². The lowest BCUT2D eigenvalue weighted by atomic mass is 10.1. The van der Waals surface area contributed by atoms with Gasteiger partial charge < -0.3 is 4.74 Å². The molecule has 0 unspecified atom stereocenters. The average Bonchev–Trinajstić information content (AvgIpc) is 2.39. The van der Waals surface area contributed by atoms with Gasteiger partial charge in [-0.15, -0.1) is 0 Å². The second-order valence-electron chi connectivity index (χ2n) is 3.51. The number of hydrogen-bond donors (Lipinski definition) is 0. The summed E-state index contributed by atoms with van der Waals surface area (Å²) < 4.78 is 5.98. The number of aromatic nitrogens is 2. The fourth-order valence-corrected chi connectivity index (χ4v) is 1.91. The Hall–Kier alpha value is -1.75. The smallest absolute Gasteiger partial charge is 0.214 e. The Labute approximate surface area is 113 Å². The van der Waals surface area contributed by atoms with Crippen molar-refractivity contribution in [1.82, 2.24) is 9.97 Å². The van der Waals surface area contributed by atoms with Crippen molar-refractivity contribution in [3.63, 3.8) is 0 Å². The van der Waals surface area contributed by atoms with E-state index in [1.54, 1.807) is 30.6 Å². The molecule has 0 radical (unpaired) electrons. The van der Waals surface area contributed by atoms with Crippen molar-refractivity contribution in [1.29, 1.82) is 0 Å². The average molecular weight is 307 g/mol. The predicted molar refractivity (Wildman–Crippen MR) is 70.8 cm³/mol. The maximum atomic E-state index is 12.2. The molecule has 2 aromatic rings. The lowest BCUT2D eigenvalue weighted by Crippen LogP contribution is -2.06. The van der Waals surface area contributed by atoms with Gasteiger partial charge in [-0.3, -0.25) is 14.8 Å². The van der Waals surface area contributed by atoms with Gasteiger partial charge in [0.2, 0.25) is 5.78 Å².